The number of carbonyl (C=O) groups is 2. The number of hydrogen-bond donors (Lipinski definition) is 3. The van der Waals surface area contributed by atoms with Crippen molar-refractivity contribution in [2.75, 3.05) is 19.6 Å². The summed E-state index contributed by atoms with van der Waals surface area (Å²) in [6.45, 7) is 1.93. The van der Waals surface area contributed by atoms with Crippen LogP contribution in [-0.2, 0) is 11.2 Å². The van der Waals surface area contributed by atoms with E-state index in [1.54, 1.807) is 17.4 Å². The normalized spacial score (nSPS) is 18.2. The molecular weight excluding hydrogens is 260 g/mol. The zero-order chi connectivity index (χ0) is 14.4. The van der Waals surface area contributed by atoms with Gasteiger partial charge in [0.2, 0.25) is 0 Å². The van der Waals surface area contributed by atoms with Crippen LogP contribution in [0, 0.1) is 5.92 Å². The first-order valence-corrected chi connectivity index (χ1v) is 6.87. The smallest absolute Gasteiger partial charge is 0.317 e. The van der Waals surface area contributed by atoms with Crippen molar-refractivity contribution in [2.24, 2.45) is 5.92 Å². The van der Waals surface area contributed by atoms with Gasteiger partial charge in [-0.3, -0.25) is 4.79 Å². The second-order valence-electron chi connectivity index (χ2n) is 5.09. The molecule has 0 bridgehead atoms. The van der Waals surface area contributed by atoms with Crippen molar-refractivity contribution in [3.8, 4) is 0 Å². The molecule has 1 aliphatic rings. The SMILES string of the molecule is O=C(O)CCC1CCN(C(=O)NCCc2cnc[nH]2)C1. The number of rotatable bonds is 6. The van der Waals surface area contributed by atoms with Gasteiger partial charge in [-0.1, -0.05) is 0 Å². The Balaban J connectivity index is 1.65. The highest BCUT2D eigenvalue weighted by Crippen LogP contribution is 2.20. The third kappa shape index (κ3) is 4.25. The van der Waals surface area contributed by atoms with Gasteiger partial charge in [-0.25, -0.2) is 9.78 Å². The topological polar surface area (TPSA) is 98.3 Å². The number of aromatic nitrogens is 2. The van der Waals surface area contributed by atoms with Crippen LogP contribution in [0.25, 0.3) is 0 Å². The zero-order valence-electron chi connectivity index (χ0n) is 11.3. The summed E-state index contributed by atoms with van der Waals surface area (Å²) in [5.41, 5.74) is 0.992. The molecule has 1 fully saturated rings. The molecule has 1 aromatic heterocycles. The highest BCUT2D eigenvalue weighted by Gasteiger charge is 2.26. The van der Waals surface area contributed by atoms with E-state index in [1.165, 1.54) is 0 Å². The van der Waals surface area contributed by atoms with Crippen LogP contribution in [-0.4, -0.2) is 51.6 Å². The fourth-order valence-corrected chi connectivity index (χ4v) is 2.42. The van der Waals surface area contributed by atoms with Crippen LogP contribution < -0.4 is 5.32 Å². The molecule has 1 aromatic rings. The van der Waals surface area contributed by atoms with Crippen molar-refractivity contribution in [3.63, 3.8) is 0 Å². The van der Waals surface area contributed by atoms with Crippen molar-refractivity contribution in [2.45, 2.75) is 25.7 Å². The number of nitrogens with zero attached hydrogens (tertiary/aromatic N) is 2. The van der Waals surface area contributed by atoms with Crippen LogP contribution in [0.15, 0.2) is 12.5 Å². The van der Waals surface area contributed by atoms with Gasteiger partial charge in [0, 0.05) is 44.4 Å². The monoisotopic (exact) mass is 280 g/mol. The van der Waals surface area contributed by atoms with Crippen molar-refractivity contribution in [1.82, 2.24) is 20.2 Å². The maximum Gasteiger partial charge on any atom is 0.317 e. The molecule has 7 heteroatoms. The molecular formula is C13H20N4O3. The first-order valence-electron chi connectivity index (χ1n) is 6.87. The largest absolute Gasteiger partial charge is 0.481 e. The van der Waals surface area contributed by atoms with E-state index in [9.17, 15) is 9.59 Å². The molecule has 7 nitrogen and oxygen atoms in total. The van der Waals surface area contributed by atoms with Gasteiger partial charge < -0.3 is 20.3 Å². The van der Waals surface area contributed by atoms with Crippen LogP contribution in [0.4, 0.5) is 4.79 Å². The van der Waals surface area contributed by atoms with Crippen LogP contribution in [0.1, 0.15) is 25.0 Å². The molecule has 2 amide bonds. The van der Waals surface area contributed by atoms with Gasteiger partial charge in [-0.05, 0) is 18.8 Å². The number of aliphatic carboxylic acids is 1. The van der Waals surface area contributed by atoms with E-state index in [0.29, 0.717) is 32.0 Å². The number of amides is 2. The zero-order valence-corrected chi connectivity index (χ0v) is 11.3. The lowest BCUT2D eigenvalue weighted by Gasteiger charge is -2.17. The van der Waals surface area contributed by atoms with Gasteiger partial charge in [-0.2, -0.15) is 0 Å². The third-order valence-corrected chi connectivity index (χ3v) is 3.56. The fourth-order valence-electron chi connectivity index (χ4n) is 2.42. The molecule has 1 saturated heterocycles. The van der Waals surface area contributed by atoms with Crippen LogP contribution >= 0.6 is 0 Å². The quantitative estimate of drug-likeness (QED) is 0.719. The molecule has 0 spiro atoms. The number of aromatic amines is 1. The average Bonchev–Trinajstić information content (AvgIpc) is 3.07. The minimum absolute atomic E-state index is 0.0673. The number of hydrogen-bond acceptors (Lipinski definition) is 3. The number of urea groups is 1. The number of H-pyrrole nitrogens is 1. The molecule has 3 N–H and O–H groups in total. The lowest BCUT2D eigenvalue weighted by molar-refractivity contribution is -0.137. The van der Waals surface area contributed by atoms with Crippen molar-refractivity contribution < 1.29 is 14.7 Å². The third-order valence-electron chi connectivity index (χ3n) is 3.56. The number of carboxylic acids is 1. The first kappa shape index (κ1) is 14.4. The van der Waals surface area contributed by atoms with Gasteiger partial charge in [-0.15, -0.1) is 0 Å². The molecule has 0 aromatic carbocycles. The number of carboxylic acid groups (broad SMARTS) is 1. The minimum atomic E-state index is -0.771. The van der Waals surface area contributed by atoms with E-state index in [0.717, 1.165) is 18.5 Å². The Morgan fingerprint density at radius 2 is 2.40 bits per heavy atom. The molecule has 0 saturated carbocycles. The summed E-state index contributed by atoms with van der Waals surface area (Å²) in [6.07, 6.45) is 5.80. The molecule has 2 rings (SSSR count). The van der Waals surface area contributed by atoms with Gasteiger partial charge in [0.25, 0.3) is 0 Å². The Kier molecular flexibility index (Phi) is 4.97. The van der Waals surface area contributed by atoms with E-state index < -0.39 is 5.97 Å². The molecule has 110 valence electrons. The lowest BCUT2D eigenvalue weighted by Crippen LogP contribution is -2.39. The number of likely N-dealkylation sites (tertiary alicyclic amines) is 1. The van der Waals surface area contributed by atoms with Crippen molar-refractivity contribution in [3.05, 3.63) is 18.2 Å². The predicted octanol–water partition coefficient (Wildman–Crippen LogP) is 0.848. The van der Waals surface area contributed by atoms with E-state index in [1.807, 2.05) is 0 Å². The minimum Gasteiger partial charge on any atom is -0.481 e. The lowest BCUT2D eigenvalue weighted by atomic mass is 10.0. The van der Waals surface area contributed by atoms with E-state index in [4.69, 9.17) is 5.11 Å². The van der Waals surface area contributed by atoms with Crippen molar-refractivity contribution in [1.29, 1.82) is 0 Å². The van der Waals surface area contributed by atoms with Gasteiger partial charge in [0.15, 0.2) is 0 Å². The average molecular weight is 280 g/mol. The number of carbonyl (C=O) groups excluding carboxylic acids is 1. The Labute approximate surface area is 117 Å². The van der Waals surface area contributed by atoms with E-state index in [2.05, 4.69) is 15.3 Å². The second-order valence-corrected chi connectivity index (χ2v) is 5.09. The highest BCUT2D eigenvalue weighted by atomic mass is 16.4. The molecule has 0 aliphatic carbocycles. The number of nitrogens with one attached hydrogen (secondary N) is 2. The summed E-state index contributed by atoms with van der Waals surface area (Å²) >= 11 is 0. The molecule has 1 aliphatic heterocycles. The van der Waals surface area contributed by atoms with Gasteiger partial charge >= 0.3 is 12.0 Å². The number of imidazole rings is 1. The van der Waals surface area contributed by atoms with E-state index in [-0.39, 0.29) is 12.5 Å². The Morgan fingerprint density at radius 1 is 1.55 bits per heavy atom. The first-order chi connectivity index (χ1) is 9.65. The van der Waals surface area contributed by atoms with Gasteiger partial charge in [0.05, 0.1) is 6.33 Å². The Hall–Kier alpha value is -2.05. The summed E-state index contributed by atoms with van der Waals surface area (Å²) in [7, 11) is 0. The predicted molar refractivity (Wildman–Crippen MR) is 72.2 cm³/mol. The van der Waals surface area contributed by atoms with Crippen LogP contribution in [0.3, 0.4) is 0 Å². The Morgan fingerprint density at radius 3 is 3.10 bits per heavy atom. The maximum atomic E-state index is 11.9. The molecule has 1 unspecified atom stereocenters. The van der Waals surface area contributed by atoms with E-state index >= 15 is 0 Å². The molecule has 0 radical (unpaired) electrons. The molecule has 1 atom stereocenters. The Bertz CT molecular complexity index is 446. The van der Waals surface area contributed by atoms with Crippen LogP contribution in [0.2, 0.25) is 0 Å². The molecule has 2 heterocycles. The maximum absolute atomic E-state index is 11.9. The van der Waals surface area contributed by atoms with Gasteiger partial charge in [0.1, 0.15) is 0 Å². The fraction of sp³-hybridized carbons (Fsp3) is 0.615. The van der Waals surface area contributed by atoms with Crippen molar-refractivity contribution >= 4 is 12.0 Å². The highest BCUT2D eigenvalue weighted by molar-refractivity contribution is 5.74. The summed E-state index contributed by atoms with van der Waals surface area (Å²) in [5, 5.41) is 11.5. The molecule has 20 heavy (non-hydrogen) atoms. The summed E-state index contributed by atoms with van der Waals surface area (Å²) < 4.78 is 0. The summed E-state index contributed by atoms with van der Waals surface area (Å²) in [4.78, 5) is 31.1. The summed E-state index contributed by atoms with van der Waals surface area (Å²) in [6, 6.07) is -0.0673. The second kappa shape index (κ2) is 6.93. The van der Waals surface area contributed by atoms with Crippen LogP contribution in [0.5, 0.6) is 0 Å². The standard InChI is InChI=1S/C13H20N4O3/c18-12(19)2-1-10-4-6-17(8-10)13(20)15-5-3-11-7-14-9-16-11/h7,9-10H,1-6,8H2,(H,14,16)(H,15,20)(H,18,19). The summed E-state index contributed by atoms with van der Waals surface area (Å²) in [5.74, 6) is -0.461.